The predicted molar refractivity (Wildman–Crippen MR) is 79.0 cm³/mol. The molecule has 2 fully saturated rings. The van der Waals surface area contributed by atoms with Crippen molar-refractivity contribution in [3.05, 3.63) is 71.3 Å². The minimum absolute atomic E-state index is 0.103. The molecule has 1 aliphatic carbocycles. The number of hydrogen-bond donors (Lipinski definition) is 1. The maximum absolute atomic E-state index is 12.4. The van der Waals surface area contributed by atoms with Crippen LogP contribution in [0.3, 0.4) is 0 Å². The Morgan fingerprint density at radius 3 is 2.30 bits per heavy atom. The molecular weight excluding hydrogens is 246 g/mol. The molecule has 1 N–H and O–H groups in total. The van der Waals surface area contributed by atoms with Gasteiger partial charge in [-0.2, -0.15) is 0 Å². The first-order chi connectivity index (χ1) is 9.79. The first-order valence-corrected chi connectivity index (χ1v) is 7.21. The number of carbonyl (C=O) groups is 1. The Morgan fingerprint density at radius 2 is 1.70 bits per heavy atom. The highest BCUT2D eigenvalue weighted by molar-refractivity contribution is 6.08. The van der Waals surface area contributed by atoms with E-state index >= 15 is 0 Å². The van der Waals surface area contributed by atoms with Crippen LogP contribution in [-0.4, -0.2) is 18.9 Å². The third kappa shape index (κ3) is 1.72. The zero-order valence-electron chi connectivity index (χ0n) is 11.3. The van der Waals surface area contributed by atoms with Crippen molar-refractivity contribution in [3.8, 4) is 0 Å². The Morgan fingerprint density at radius 1 is 1.00 bits per heavy atom. The van der Waals surface area contributed by atoms with Gasteiger partial charge in [0.1, 0.15) is 0 Å². The largest absolute Gasteiger partial charge is 0.316 e. The summed E-state index contributed by atoms with van der Waals surface area (Å²) in [6, 6.07) is 17.7. The van der Waals surface area contributed by atoms with E-state index in [2.05, 4.69) is 17.4 Å². The molecule has 1 saturated carbocycles. The van der Waals surface area contributed by atoms with E-state index in [0.29, 0.717) is 5.41 Å². The van der Waals surface area contributed by atoms with Crippen LogP contribution in [0.15, 0.2) is 54.6 Å². The molecule has 2 aromatic rings. The number of fused-ring (bicyclic) bond motifs is 1. The monoisotopic (exact) mass is 263 g/mol. The molecule has 2 heteroatoms. The van der Waals surface area contributed by atoms with Crippen LogP contribution in [-0.2, 0) is 5.41 Å². The van der Waals surface area contributed by atoms with Gasteiger partial charge in [0.2, 0.25) is 0 Å². The van der Waals surface area contributed by atoms with Crippen LogP contribution < -0.4 is 5.32 Å². The number of ketones is 1. The molecule has 100 valence electrons. The summed E-state index contributed by atoms with van der Waals surface area (Å²) in [7, 11) is 0. The van der Waals surface area contributed by atoms with Gasteiger partial charge in [-0.1, -0.05) is 54.6 Å². The SMILES string of the molecule is O=C(c1ccccc1)c1ccc(C23CNCC2C3)cc1. The molecule has 2 atom stereocenters. The van der Waals surface area contributed by atoms with Gasteiger partial charge in [-0.25, -0.2) is 0 Å². The van der Waals surface area contributed by atoms with E-state index in [0.717, 1.165) is 30.1 Å². The van der Waals surface area contributed by atoms with Gasteiger partial charge < -0.3 is 5.32 Å². The Kier molecular flexibility index (Phi) is 2.54. The lowest BCUT2D eigenvalue weighted by Crippen LogP contribution is -2.19. The standard InChI is InChI=1S/C18H17NO/c20-17(13-4-2-1-3-5-13)14-6-8-15(9-7-14)18-10-16(18)11-19-12-18/h1-9,16,19H,10-12H2. The molecule has 0 bridgehead atoms. The van der Waals surface area contributed by atoms with Crippen molar-refractivity contribution in [1.29, 1.82) is 0 Å². The van der Waals surface area contributed by atoms with Crippen LogP contribution >= 0.6 is 0 Å². The topological polar surface area (TPSA) is 29.1 Å². The van der Waals surface area contributed by atoms with Crippen molar-refractivity contribution in [2.45, 2.75) is 11.8 Å². The number of carbonyl (C=O) groups excluding carboxylic acids is 1. The van der Waals surface area contributed by atoms with Crippen molar-refractivity contribution in [1.82, 2.24) is 5.32 Å². The van der Waals surface area contributed by atoms with E-state index in [1.54, 1.807) is 0 Å². The van der Waals surface area contributed by atoms with Crippen LogP contribution in [0.25, 0.3) is 0 Å². The molecule has 2 aromatic carbocycles. The molecule has 20 heavy (non-hydrogen) atoms. The average Bonchev–Trinajstić information content (AvgIpc) is 3.09. The summed E-state index contributed by atoms with van der Waals surface area (Å²) in [5.41, 5.74) is 3.29. The fourth-order valence-corrected chi connectivity index (χ4v) is 3.50. The van der Waals surface area contributed by atoms with Gasteiger partial charge in [0.05, 0.1) is 0 Å². The van der Waals surface area contributed by atoms with Gasteiger partial charge >= 0.3 is 0 Å². The molecule has 0 amide bonds. The van der Waals surface area contributed by atoms with Gasteiger partial charge in [0.15, 0.2) is 5.78 Å². The fraction of sp³-hybridized carbons (Fsp3) is 0.278. The Bertz CT molecular complexity index is 647. The van der Waals surface area contributed by atoms with Gasteiger partial charge in [0, 0.05) is 23.1 Å². The van der Waals surface area contributed by atoms with Crippen molar-refractivity contribution in [2.24, 2.45) is 5.92 Å². The highest BCUT2D eigenvalue weighted by Gasteiger charge is 2.57. The van der Waals surface area contributed by atoms with Crippen LogP contribution in [0, 0.1) is 5.92 Å². The average molecular weight is 263 g/mol. The van der Waals surface area contributed by atoms with E-state index in [1.165, 1.54) is 12.0 Å². The second kappa shape index (κ2) is 4.29. The molecule has 1 heterocycles. The first-order valence-electron chi connectivity index (χ1n) is 7.21. The smallest absolute Gasteiger partial charge is 0.193 e. The summed E-state index contributed by atoms with van der Waals surface area (Å²) < 4.78 is 0. The minimum Gasteiger partial charge on any atom is -0.316 e. The highest BCUT2D eigenvalue weighted by atomic mass is 16.1. The molecule has 2 unspecified atom stereocenters. The number of nitrogens with one attached hydrogen (secondary N) is 1. The quantitative estimate of drug-likeness (QED) is 0.863. The van der Waals surface area contributed by atoms with Crippen molar-refractivity contribution in [2.75, 3.05) is 13.1 Å². The third-order valence-corrected chi connectivity index (χ3v) is 4.82. The lowest BCUT2D eigenvalue weighted by atomic mass is 9.93. The van der Waals surface area contributed by atoms with E-state index in [4.69, 9.17) is 0 Å². The first kappa shape index (κ1) is 11.9. The van der Waals surface area contributed by atoms with Gasteiger partial charge in [-0.15, -0.1) is 0 Å². The lowest BCUT2D eigenvalue weighted by molar-refractivity contribution is 0.103. The van der Waals surface area contributed by atoms with Gasteiger partial charge in [-0.05, 0) is 24.4 Å². The summed E-state index contributed by atoms with van der Waals surface area (Å²) in [5.74, 6) is 0.907. The van der Waals surface area contributed by atoms with Crippen molar-refractivity contribution < 1.29 is 4.79 Å². The van der Waals surface area contributed by atoms with E-state index < -0.39 is 0 Å². The summed E-state index contributed by atoms with van der Waals surface area (Å²) in [5, 5.41) is 3.46. The second-order valence-electron chi connectivity index (χ2n) is 5.96. The Hall–Kier alpha value is -1.93. The zero-order chi connectivity index (χ0) is 13.6. The van der Waals surface area contributed by atoms with Crippen LogP contribution in [0.1, 0.15) is 27.9 Å². The summed E-state index contributed by atoms with van der Waals surface area (Å²) in [6.07, 6.45) is 1.30. The molecule has 2 nitrogen and oxygen atoms in total. The highest BCUT2D eigenvalue weighted by Crippen LogP contribution is 2.56. The molecule has 1 aliphatic heterocycles. The summed E-state index contributed by atoms with van der Waals surface area (Å²) in [6.45, 7) is 2.23. The molecule has 1 saturated heterocycles. The Balaban J connectivity index is 1.61. The van der Waals surface area contributed by atoms with Gasteiger partial charge in [0.25, 0.3) is 0 Å². The number of benzene rings is 2. The Labute approximate surface area is 118 Å². The normalized spacial score (nSPS) is 27.1. The molecule has 2 aliphatic rings. The summed E-state index contributed by atoms with van der Waals surface area (Å²) >= 11 is 0. The van der Waals surface area contributed by atoms with Gasteiger partial charge in [-0.3, -0.25) is 4.79 Å². The maximum atomic E-state index is 12.4. The minimum atomic E-state index is 0.103. The molecule has 0 spiro atoms. The van der Waals surface area contributed by atoms with Crippen molar-refractivity contribution >= 4 is 5.78 Å². The van der Waals surface area contributed by atoms with Crippen LogP contribution in [0.4, 0.5) is 0 Å². The van der Waals surface area contributed by atoms with Crippen molar-refractivity contribution in [3.63, 3.8) is 0 Å². The second-order valence-corrected chi connectivity index (χ2v) is 5.96. The maximum Gasteiger partial charge on any atom is 0.193 e. The third-order valence-electron chi connectivity index (χ3n) is 4.82. The summed E-state index contributed by atoms with van der Waals surface area (Å²) in [4.78, 5) is 12.4. The lowest BCUT2D eigenvalue weighted by Gasteiger charge is -2.12. The number of piperidine rings is 1. The van der Waals surface area contributed by atoms with Crippen LogP contribution in [0.2, 0.25) is 0 Å². The van der Waals surface area contributed by atoms with E-state index in [1.807, 2.05) is 42.5 Å². The number of rotatable bonds is 3. The zero-order valence-corrected chi connectivity index (χ0v) is 11.3. The van der Waals surface area contributed by atoms with E-state index in [-0.39, 0.29) is 5.78 Å². The predicted octanol–water partition coefficient (Wildman–Crippen LogP) is 2.78. The molecule has 4 rings (SSSR count). The molecule has 0 radical (unpaired) electrons. The molecule has 0 aromatic heterocycles. The molecular formula is C18H17NO. The fourth-order valence-electron chi connectivity index (χ4n) is 3.50. The van der Waals surface area contributed by atoms with E-state index in [9.17, 15) is 4.79 Å². The van der Waals surface area contributed by atoms with Crippen LogP contribution in [0.5, 0.6) is 0 Å². The number of hydrogen-bond acceptors (Lipinski definition) is 2.